The SMILES string of the molecule is CC(C)(C)OC(=O)Nc1ccc2c(c1)CCOC13CC1CCCCCCCC3OC2=O. The van der Waals surface area contributed by atoms with E-state index in [1.807, 2.05) is 26.8 Å². The zero-order valence-electron chi connectivity index (χ0n) is 19.0. The fourth-order valence-electron chi connectivity index (χ4n) is 5.03. The molecule has 1 N–H and O–H groups in total. The summed E-state index contributed by atoms with van der Waals surface area (Å²) in [5, 5.41) is 2.76. The van der Waals surface area contributed by atoms with Gasteiger partial charge in [-0.05, 0) is 82.6 Å². The van der Waals surface area contributed by atoms with Crippen molar-refractivity contribution in [1.29, 1.82) is 0 Å². The Kier molecular flexibility index (Phi) is 6.29. The molecule has 31 heavy (non-hydrogen) atoms. The number of hydrogen-bond acceptors (Lipinski definition) is 5. The maximum absolute atomic E-state index is 13.1. The summed E-state index contributed by atoms with van der Waals surface area (Å²) in [6.45, 7) is 6.01. The van der Waals surface area contributed by atoms with Gasteiger partial charge in [-0.25, -0.2) is 9.59 Å². The molecule has 0 aromatic heterocycles. The Bertz CT molecular complexity index is 830. The molecule has 2 aliphatic carbocycles. The van der Waals surface area contributed by atoms with Crippen LogP contribution < -0.4 is 5.32 Å². The third kappa shape index (κ3) is 5.22. The topological polar surface area (TPSA) is 73.9 Å². The molecule has 0 saturated heterocycles. The van der Waals surface area contributed by atoms with Gasteiger partial charge >= 0.3 is 12.1 Å². The lowest BCUT2D eigenvalue weighted by Crippen LogP contribution is -2.37. The Balaban J connectivity index is 1.52. The highest BCUT2D eigenvalue weighted by Crippen LogP contribution is 2.55. The van der Waals surface area contributed by atoms with E-state index in [0.717, 1.165) is 31.2 Å². The van der Waals surface area contributed by atoms with E-state index in [-0.39, 0.29) is 17.7 Å². The number of benzene rings is 1. The van der Waals surface area contributed by atoms with E-state index in [0.29, 0.717) is 30.2 Å². The van der Waals surface area contributed by atoms with Crippen molar-refractivity contribution in [2.45, 2.75) is 95.9 Å². The van der Waals surface area contributed by atoms with Crippen molar-refractivity contribution in [3.8, 4) is 0 Å². The van der Waals surface area contributed by atoms with Crippen LogP contribution in [0.1, 0.15) is 88.1 Å². The van der Waals surface area contributed by atoms with Gasteiger partial charge in [-0.2, -0.15) is 0 Å². The van der Waals surface area contributed by atoms with E-state index in [2.05, 4.69) is 5.32 Å². The summed E-state index contributed by atoms with van der Waals surface area (Å²) < 4.78 is 17.9. The quantitative estimate of drug-likeness (QED) is 0.585. The lowest BCUT2D eigenvalue weighted by molar-refractivity contribution is -0.0794. The summed E-state index contributed by atoms with van der Waals surface area (Å²) in [7, 11) is 0. The molecule has 2 saturated carbocycles. The van der Waals surface area contributed by atoms with Crippen molar-refractivity contribution in [2.75, 3.05) is 11.9 Å². The maximum atomic E-state index is 13.1. The molecule has 6 nitrogen and oxygen atoms in total. The van der Waals surface area contributed by atoms with Gasteiger partial charge in [-0.15, -0.1) is 0 Å². The number of ether oxygens (including phenoxy) is 3. The number of hydrogen-bond donors (Lipinski definition) is 1. The van der Waals surface area contributed by atoms with Crippen LogP contribution in [0.5, 0.6) is 0 Å². The summed E-state index contributed by atoms with van der Waals surface area (Å²) in [5.41, 5.74) is 1.11. The second-order valence-corrected chi connectivity index (χ2v) is 10.2. The zero-order valence-corrected chi connectivity index (χ0v) is 19.0. The molecule has 1 aliphatic heterocycles. The van der Waals surface area contributed by atoms with Crippen molar-refractivity contribution in [3.63, 3.8) is 0 Å². The van der Waals surface area contributed by atoms with Gasteiger partial charge in [0.15, 0.2) is 0 Å². The summed E-state index contributed by atoms with van der Waals surface area (Å²) in [5.74, 6) is 0.213. The van der Waals surface area contributed by atoms with Crippen LogP contribution in [-0.2, 0) is 20.6 Å². The fraction of sp³-hybridized carbons (Fsp3) is 0.680. The summed E-state index contributed by atoms with van der Waals surface area (Å²) in [6, 6.07) is 5.30. The van der Waals surface area contributed by atoms with Crippen LogP contribution in [0, 0.1) is 5.92 Å². The first kappa shape index (κ1) is 22.1. The number of fused-ring (bicyclic) bond motifs is 1. The van der Waals surface area contributed by atoms with Crippen molar-refractivity contribution in [1.82, 2.24) is 0 Å². The number of carbonyl (C=O) groups excluding carboxylic acids is 2. The fourth-order valence-corrected chi connectivity index (χ4v) is 5.03. The Labute approximate surface area is 185 Å². The molecule has 3 atom stereocenters. The molecule has 0 bridgehead atoms. The molecule has 3 unspecified atom stereocenters. The van der Waals surface area contributed by atoms with Crippen LogP contribution in [0.4, 0.5) is 10.5 Å². The van der Waals surface area contributed by atoms with E-state index in [9.17, 15) is 9.59 Å². The van der Waals surface area contributed by atoms with Crippen molar-refractivity contribution < 1.29 is 23.8 Å². The lowest BCUT2D eigenvalue weighted by Gasteiger charge is -2.28. The number of anilines is 1. The molecule has 1 spiro atoms. The minimum absolute atomic E-state index is 0.173. The predicted molar refractivity (Wildman–Crippen MR) is 118 cm³/mol. The summed E-state index contributed by atoms with van der Waals surface area (Å²) >= 11 is 0. The molecule has 1 aromatic carbocycles. The van der Waals surface area contributed by atoms with Crippen LogP contribution in [0.25, 0.3) is 0 Å². The molecule has 1 amide bonds. The van der Waals surface area contributed by atoms with Crippen LogP contribution in [0.3, 0.4) is 0 Å². The zero-order chi connectivity index (χ0) is 22.1. The Hall–Kier alpha value is -2.08. The highest BCUT2D eigenvalue weighted by atomic mass is 16.6. The van der Waals surface area contributed by atoms with Gasteiger partial charge in [0.2, 0.25) is 0 Å². The number of rotatable bonds is 1. The first-order valence-electron chi connectivity index (χ1n) is 11.7. The van der Waals surface area contributed by atoms with E-state index in [1.54, 1.807) is 12.1 Å². The monoisotopic (exact) mass is 429 g/mol. The van der Waals surface area contributed by atoms with Gasteiger partial charge in [0, 0.05) is 5.69 Å². The summed E-state index contributed by atoms with van der Waals surface area (Å²) in [4.78, 5) is 25.2. The third-order valence-electron chi connectivity index (χ3n) is 6.62. The summed E-state index contributed by atoms with van der Waals surface area (Å²) in [6.07, 6.45) is 8.98. The van der Waals surface area contributed by atoms with Gasteiger partial charge in [0.1, 0.15) is 17.3 Å². The van der Waals surface area contributed by atoms with Crippen LogP contribution in [0.2, 0.25) is 0 Å². The van der Waals surface area contributed by atoms with Crippen LogP contribution >= 0.6 is 0 Å². The first-order valence-corrected chi connectivity index (χ1v) is 11.7. The van der Waals surface area contributed by atoms with E-state index in [1.165, 1.54) is 25.7 Å². The minimum Gasteiger partial charge on any atom is -0.456 e. The lowest BCUT2D eigenvalue weighted by atomic mass is 9.96. The molecule has 2 fully saturated rings. The number of amides is 1. The van der Waals surface area contributed by atoms with Gasteiger partial charge in [0.05, 0.1) is 12.2 Å². The second kappa shape index (κ2) is 8.81. The Morgan fingerprint density at radius 3 is 2.65 bits per heavy atom. The predicted octanol–water partition coefficient (Wildman–Crippen LogP) is 5.63. The van der Waals surface area contributed by atoms with Crippen LogP contribution in [-0.4, -0.2) is 36.0 Å². The standard InChI is InChI=1S/C25H35NO5/c1-24(2,3)31-23(28)26-19-11-12-20-17(15-19)13-14-29-25-16-18(25)9-7-5-4-6-8-10-21(25)30-22(20)27/h11-12,15,18,21H,4-10,13-14,16H2,1-3H3,(H,26,28). The van der Waals surface area contributed by atoms with E-state index < -0.39 is 11.7 Å². The number of nitrogens with one attached hydrogen (secondary N) is 1. The highest BCUT2D eigenvalue weighted by molar-refractivity contribution is 5.93. The van der Waals surface area contributed by atoms with Gasteiger partial charge in [0.25, 0.3) is 0 Å². The number of esters is 1. The van der Waals surface area contributed by atoms with Gasteiger partial charge in [-0.1, -0.05) is 25.7 Å². The average molecular weight is 430 g/mol. The number of carbonyl (C=O) groups is 2. The third-order valence-corrected chi connectivity index (χ3v) is 6.62. The van der Waals surface area contributed by atoms with E-state index >= 15 is 0 Å². The normalized spacial score (nSPS) is 28.9. The molecule has 1 heterocycles. The van der Waals surface area contributed by atoms with E-state index in [4.69, 9.17) is 14.2 Å². The van der Waals surface area contributed by atoms with Crippen molar-refractivity contribution >= 4 is 17.7 Å². The van der Waals surface area contributed by atoms with Gasteiger partial charge in [-0.3, -0.25) is 5.32 Å². The molecule has 4 rings (SSSR count). The Morgan fingerprint density at radius 1 is 1.13 bits per heavy atom. The smallest absolute Gasteiger partial charge is 0.412 e. The largest absolute Gasteiger partial charge is 0.456 e. The highest BCUT2D eigenvalue weighted by Gasteiger charge is 2.61. The second-order valence-electron chi connectivity index (χ2n) is 10.2. The molecule has 0 radical (unpaired) electrons. The van der Waals surface area contributed by atoms with Crippen molar-refractivity contribution in [2.24, 2.45) is 5.92 Å². The van der Waals surface area contributed by atoms with Crippen LogP contribution in [0.15, 0.2) is 18.2 Å². The first-order chi connectivity index (χ1) is 14.8. The average Bonchev–Trinajstić information content (AvgIpc) is 3.37. The molecule has 3 aliphatic rings. The molecule has 6 heteroatoms. The van der Waals surface area contributed by atoms with Gasteiger partial charge < -0.3 is 14.2 Å². The van der Waals surface area contributed by atoms with Crippen molar-refractivity contribution in [3.05, 3.63) is 29.3 Å². The molecular formula is C25H35NO5. The maximum Gasteiger partial charge on any atom is 0.412 e. The molecule has 170 valence electrons. The Morgan fingerprint density at radius 2 is 1.87 bits per heavy atom. The molecule has 1 aromatic rings. The molecular weight excluding hydrogens is 394 g/mol. The minimum atomic E-state index is -0.575.